The highest BCUT2D eigenvalue weighted by Gasteiger charge is 2.31. The Kier molecular flexibility index (Phi) is 5.83. The van der Waals surface area contributed by atoms with Gasteiger partial charge in [-0.05, 0) is 61.2 Å². The molecule has 0 spiro atoms. The number of carbonyl (C=O) groups is 1. The third-order valence-electron chi connectivity index (χ3n) is 4.85. The van der Waals surface area contributed by atoms with E-state index in [1.807, 2.05) is 18.2 Å². The zero-order valence-corrected chi connectivity index (χ0v) is 17.6. The highest BCUT2D eigenvalue weighted by Crippen LogP contribution is 2.28. The van der Waals surface area contributed by atoms with Gasteiger partial charge < -0.3 is 15.4 Å². The minimum absolute atomic E-state index is 0.0300. The van der Waals surface area contributed by atoms with Crippen molar-refractivity contribution in [3.05, 3.63) is 59.9 Å². The number of urea groups is 1. The third kappa shape index (κ3) is 5.22. The maximum atomic E-state index is 12.3. The smallest absolute Gasteiger partial charge is 0.406 e. The molecule has 1 aromatic heterocycles. The Hall–Kier alpha value is -3.47. The summed E-state index contributed by atoms with van der Waals surface area (Å²) in [5, 5.41) is 9.90. The van der Waals surface area contributed by atoms with E-state index in [9.17, 15) is 18.0 Å². The van der Waals surface area contributed by atoms with Crippen LogP contribution in [0.25, 0.3) is 17.1 Å². The fourth-order valence-electron chi connectivity index (χ4n) is 3.56. The van der Waals surface area contributed by atoms with Gasteiger partial charge in [0.15, 0.2) is 5.82 Å². The van der Waals surface area contributed by atoms with Crippen LogP contribution in [-0.4, -0.2) is 38.2 Å². The SMILES string of the molecule is CC(=S)NC(=O)NC1Cc2ccc(-c3ncn(-c4ccc(OC(F)(F)F)cc4)n3)cc2C1. The van der Waals surface area contributed by atoms with Crippen molar-refractivity contribution >= 4 is 23.2 Å². The van der Waals surface area contributed by atoms with Crippen LogP contribution < -0.4 is 15.4 Å². The van der Waals surface area contributed by atoms with Gasteiger partial charge in [-0.3, -0.25) is 0 Å². The van der Waals surface area contributed by atoms with Crippen molar-refractivity contribution < 1.29 is 22.7 Å². The fourth-order valence-corrected chi connectivity index (χ4v) is 3.65. The molecule has 4 rings (SSSR count). The van der Waals surface area contributed by atoms with Crippen LogP contribution in [0, 0.1) is 0 Å². The van der Waals surface area contributed by atoms with Gasteiger partial charge in [0.25, 0.3) is 0 Å². The van der Waals surface area contributed by atoms with Gasteiger partial charge in [-0.1, -0.05) is 24.4 Å². The number of amides is 2. The Morgan fingerprint density at radius 3 is 2.56 bits per heavy atom. The molecule has 2 N–H and O–H groups in total. The summed E-state index contributed by atoms with van der Waals surface area (Å²) in [5.41, 5.74) is 3.58. The number of thiocarbonyl (C=S) groups is 1. The lowest BCUT2D eigenvalue weighted by molar-refractivity contribution is -0.274. The average Bonchev–Trinajstić information content (AvgIpc) is 3.32. The largest absolute Gasteiger partial charge is 0.573 e. The first kappa shape index (κ1) is 21.8. The number of rotatable bonds is 4. The summed E-state index contributed by atoms with van der Waals surface area (Å²) in [5.74, 6) is 0.173. The number of ether oxygens (including phenoxy) is 1. The highest BCUT2D eigenvalue weighted by molar-refractivity contribution is 7.80. The summed E-state index contributed by atoms with van der Waals surface area (Å²) in [7, 11) is 0. The molecular formula is C21H18F3N5O2S. The molecule has 166 valence electrons. The number of halogens is 3. The molecule has 0 radical (unpaired) electrons. The predicted octanol–water partition coefficient (Wildman–Crippen LogP) is 3.95. The maximum absolute atomic E-state index is 12.3. The van der Waals surface area contributed by atoms with Crippen LogP contribution in [0.4, 0.5) is 18.0 Å². The molecule has 2 amide bonds. The molecule has 1 unspecified atom stereocenters. The second-order valence-corrected chi connectivity index (χ2v) is 7.91. The molecule has 1 aliphatic carbocycles. The van der Waals surface area contributed by atoms with Crippen LogP contribution in [0.2, 0.25) is 0 Å². The third-order valence-corrected chi connectivity index (χ3v) is 4.95. The molecule has 2 aromatic carbocycles. The molecule has 1 aliphatic rings. The summed E-state index contributed by atoms with van der Waals surface area (Å²) < 4.78 is 42.3. The summed E-state index contributed by atoms with van der Waals surface area (Å²) >= 11 is 4.88. The molecule has 11 heteroatoms. The number of aromatic nitrogens is 3. The fraction of sp³-hybridized carbons (Fsp3) is 0.238. The van der Waals surface area contributed by atoms with Crippen molar-refractivity contribution in [2.24, 2.45) is 0 Å². The molecule has 32 heavy (non-hydrogen) atoms. The normalized spacial score (nSPS) is 15.2. The number of benzene rings is 2. The van der Waals surface area contributed by atoms with Crippen molar-refractivity contribution in [3.8, 4) is 22.8 Å². The Bertz CT molecular complexity index is 1160. The quantitative estimate of drug-likeness (QED) is 0.575. The molecule has 0 saturated heterocycles. The van der Waals surface area contributed by atoms with Crippen molar-refractivity contribution in [1.29, 1.82) is 0 Å². The lowest BCUT2D eigenvalue weighted by Gasteiger charge is -2.12. The van der Waals surface area contributed by atoms with Crippen LogP contribution in [0.15, 0.2) is 48.8 Å². The first-order chi connectivity index (χ1) is 15.2. The van der Waals surface area contributed by atoms with E-state index < -0.39 is 6.36 Å². The van der Waals surface area contributed by atoms with E-state index in [0.29, 0.717) is 29.3 Å². The zero-order valence-electron chi connectivity index (χ0n) is 16.8. The first-order valence-corrected chi connectivity index (χ1v) is 10.1. The minimum Gasteiger partial charge on any atom is -0.406 e. The second kappa shape index (κ2) is 8.58. The lowest BCUT2D eigenvalue weighted by atomic mass is 10.1. The maximum Gasteiger partial charge on any atom is 0.573 e. The van der Waals surface area contributed by atoms with Gasteiger partial charge >= 0.3 is 12.4 Å². The lowest BCUT2D eigenvalue weighted by Crippen LogP contribution is -2.43. The summed E-state index contributed by atoms with van der Waals surface area (Å²) in [6.07, 6.45) is -1.86. The molecular weight excluding hydrogens is 443 g/mol. The monoisotopic (exact) mass is 461 g/mol. The summed E-state index contributed by atoms with van der Waals surface area (Å²) in [6, 6.07) is 10.9. The first-order valence-electron chi connectivity index (χ1n) is 9.64. The molecule has 3 aromatic rings. The number of nitrogens with zero attached hydrogens (tertiary/aromatic N) is 3. The second-order valence-electron chi connectivity index (χ2n) is 7.30. The van der Waals surface area contributed by atoms with Crippen molar-refractivity contribution in [3.63, 3.8) is 0 Å². The van der Waals surface area contributed by atoms with Crippen LogP contribution in [0.1, 0.15) is 18.1 Å². The van der Waals surface area contributed by atoms with E-state index >= 15 is 0 Å². The van der Waals surface area contributed by atoms with E-state index in [1.165, 1.54) is 35.3 Å². The highest BCUT2D eigenvalue weighted by atomic mass is 32.1. The van der Waals surface area contributed by atoms with Crippen molar-refractivity contribution in [1.82, 2.24) is 25.4 Å². The Morgan fingerprint density at radius 1 is 1.16 bits per heavy atom. The number of hydrogen-bond donors (Lipinski definition) is 2. The zero-order chi connectivity index (χ0) is 22.9. The standard InChI is InChI=1S/C21H18F3N5O2S/c1-12(32)26-20(30)27-16-9-13-2-3-14(8-15(13)10-16)19-25-11-29(28-19)17-4-6-18(7-5-17)31-21(22,23)24/h2-8,11,16H,9-10H2,1H3,(H2,26,27,30,32). The van der Waals surface area contributed by atoms with E-state index in [2.05, 4.69) is 25.5 Å². The molecule has 7 nitrogen and oxygen atoms in total. The van der Waals surface area contributed by atoms with Crippen molar-refractivity contribution in [2.45, 2.75) is 32.2 Å². The Labute approximate surface area is 186 Å². The van der Waals surface area contributed by atoms with E-state index in [1.54, 1.807) is 6.92 Å². The topological polar surface area (TPSA) is 81.1 Å². The number of fused-ring (bicyclic) bond motifs is 1. The molecule has 0 bridgehead atoms. The molecule has 1 atom stereocenters. The molecule has 0 aliphatic heterocycles. The van der Waals surface area contributed by atoms with Gasteiger partial charge in [0, 0.05) is 11.6 Å². The Morgan fingerprint density at radius 2 is 1.88 bits per heavy atom. The van der Waals surface area contributed by atoms with Gasteiger partial charge in [0.05, 0.1) is 10.7 Å². The van der Waals surface area contributed by atoms with Crippen molar-refractivity contribution in [2.75, 3.05) is 0 Å². The molecule has 0 fully saturated rings. The van der Waals surface area contributed by atoms with Gasteiger partial charge in [-0.15, -0.1) is 18.3 Å². The van der Waals surface area contributed by atoms with Crippen LogP contribution in [0.3, 0.4) is 0 Å². The number of hydrogen-bond acceptors (Lipinski definition) is 5. The predicted molar refractivity (Wildman–Crippen MR) is 115 cm³/mol. The van der Waals surface area contributed by atoms with E-state index in [0.717, 1.165) is 16.7 Å². The number of carbonyl (C=O) groups excluding carboxylic acids is 1. The molecule has 0 saturated carbocycles. The summed E-state index contributed by atoms with van der Waals surface area (Å²) in [6.45, 7) is 1.64. The van der Waals surface area contributed by atoms with Gasteiger partial charge in [-0.25, -0.2) is 14.5 Å². The summed E-state index contributed by atoms with van der Waals surface area (Å²) in [4.78, 5) is 16.6. The van der Waals surface area contributed by atoms with Gasteiger partial charge in [0.2, 0.25) is 0 Å². The number of nitrogens with one attached hydrogen (secondary N) is 2. The van der Waals surface area contributed by atoms with Gasteiger partial charge in [0.1, 0.15) is 12.1 Å². The van der Waals surface area contributed by atoms with E-state index in [4.69, 9.17) is 12.2 Å². The average molecular weight is 461 g/mol. The number of alkyl halides is 3. The van der Waals surface area contributed by atoms with Crippen LogP contribution in [0.5, 0.6) is 5.75 Å². The minimum atomic E-state index is -4.74. The van der Waals surface area contributed by atoms with Crippen LogP contribution in [-0.2, 0) is 12.8 Å². The van der Waals surface area contributed by atoms with Crippen LogP contribution >= 0.6 is 12.2 Å². The van der Waals surface area contributed by atoms with E-state index in [-0.39, 0.29) is 17.8 Å². The molecule has 1 heterocycles. The van der Waals surface area contributed by atoms with Gasteiger partial charge in [-0.2, -0.15) is 0 Å². The Balaban J connectivity index is 1.45.